The van der Waals surface area contributed by atoms with Crippen LogP contribution in [-0.4, -0.2) is 29.8 Å². The molecule has 8 nitrogen and oxygen atoms in total. The van der Waals surface area contributed by atoms with Crippen LogP contribution in [0.5, 0.6) is 0 Å². The van der Waals surface area contributed by atoms with E-state index >= 15 is 0 Å². The zero-order valence-electron chi connectivity index (χ0n) is 13.2. The van der Waals surface area contributed by atoms with Crippen LogP contribution in [0.2, 0.25) is 0 Å². The lowest BCUT2D eigenvalue weighted by Gasteiger charge is -2.11. The molecule has 2 aromatic heterocycles. The van der Waals surface area contributed by atoms with Gasteiger partial charge in [-0.25, -0.2) is 9.78 Å². The van der Waals surface area contributed by atoms with Crippen molar-refractivity contribution in [3.8, 4) is 0 Å². The molecule has 1 N–H and O–H groups in total. The van der Waals surface area contributed by atoms with Crippen molar-refractivity contribution in [2.75, 3.05) is 0 Å². The molecule has 0 saturated carbocycles. The number of imidazole rings is 1. The highest BCUT2D eigenvalue weighted by Gasteiger charge is 2.19. The first-order valence-corrected chi connectivity index (χ1v) is 7.14. The van der Waals surface area contributed by atoms with E-state index in [0.29, 0.717) is 29.8 Å². The molecule has 22 heavy (non-hydrogen) atoms. The summed E-state index contributed by atoms with van der Waals surface area (Å²) in [6.07, 6.45) is 0.907. The van der Waals surface area contributed by atoms with Gasteiger partial charge in [-0.1, -0.05) is 0 Å². The summed E-state index contributed by atoms with van der Waals surface area (Å²) in [4.78, 5) is 39.6. The third-order valence-corrected chi connectivity index (χ3v) is 3.71. The van der Waals surface area contributed by atoms with E-state index in [2.05, 4.69) is 4.98 Å². The molecule has 0 saturated heterocycles. The van der Waals surface area contributed by atoms with E-state index in [1.54, 1.807) is 11.6 Å². The molecule has 0 aliphatic rings. The minimum absolute atomic E-state index is 0.0399. The maximum Gasteiger partial charge on any atom is 0.332 e. The van der Waals surface area contributed by atoms with Gasteiger partial charge >= 0.3 is 11.7 Å². The van der Waals surface area contributed by atoms with Crippen molar-refractivity contribution in [2.45, 2.75) is 39.2 Å². The molecule has 0 unspecified atom stereocenters. The summed E-state index contributed by atoms with van der Waals surface area (Å²) in [5.41, 5.74) is -0.0730. The second-order valence-electron chi connectivity index (χ2n) is 5.62. The van der Waals surface area contributed by atoms with Gasteiger partial charge in [0.15, 0.2) is 11.2 Å². The molecule has 2 heterocycles. The molecule has 2 aromatic rings. The van der Waals surface area contributed by atoms with E-state index in [-0.39, 0.29) is 12.5 Å². The molecule has 0 bridgehead atoms. The zero-order valence-corrected chi connectivity index (χ0v) is 13.2. The van der Waals surface area contributed by atoms with Gasteiger partial charge in [0.05, 0.1) is 0 Å². The SMILES string of the molecule is CC(C)n1c(=O)n(C)c(=O)c2c1nc(CCCC(=O)O)n2C. The van der Waals surface area contributed by atoms with Gasteiger partial charge in [0.2, 0.25) is 0 Å². The van der Waals surface area contributed by atoms with E-state index in [4.69, 9.17) is 5.11 Å². The predicted molar refractivity (Wildman–Crippen MR) is 81.2 cm³/mol. The highest BCUT2D eigenvalue weighted by atomic mass is 16.4. The van der Waals surface area contributed by atoms with Gasteiger partial charge in [-0.3, -0.25) is 18.7 Å². The number of carboxylic acid groups (broad SMARTS) is 1. The van der Waals surface area contributed by atoms with Crippen LogP contribution in [0.25, 0.3) is 11.2 Å². The number of aliphatic carboxylic acids is 1. The first kappa shape index (κ1) is 16.0. The summed E-state index contributed by atoms with van der Waals surface area (Å²) in [6.45, 7) is 3.70. The van der Waals surface area contributed by atoms with E-state index in [1.807, 2.05) is 13.8 Å². The molecule has 2 rings (SSSR count). The van der Waals surface area contributed by atoms with Crippen molar-refractivity contribution in [3.63, 3.8) is 0 Å². The minimum Gasteiger partial charge on any atom is -0.481 e. The number of fused-ring (bicyclic) bond motifs is 1. The molecule has 0 spiro atoms. The van der Waals surface area contributed by atoms with Crippen molar-refractivity contribution in [1.29, 1.82) is 0 Å². The largest absolute Gasteiger partial charge is 0.481 e. The van der Waals surface area contributed by atoms with Gasteiger partial charge in [0.1, 0.15) is 5.82 Å². The van der Waals surface area contributed by atoms with Crippen LogP contribution in [0, 0.1) is 0 Å². The summed E-state index contributed by atoms with van der Waals surface area (Å²) in [5.74, 6) is -0.262. The quantitative estimate of drug-likeness (QED) is 0.863. The van der Waals surface area contributed by atoms with Crippen molar-refractivity contribution in [3.05, 3.63) is 26.7 Å². The topological polar surface area (TPSA) is 99.1 Å². The number of carboxylic acids is 1. The van der Waals surface area contributed by atoms with Crippen LogP contribution in [0.15, 0.2) is 9.59 Å². The second-order valence-corrected chi connectivity index (χ2v) is 5.62. The Balaban J connectivity index is 2.65. The molecule has 0 aliphatic carbocycles. The van der Waals surface area contributed by atoms with Crippen LogP contribution in [0.3, 0.4) is 0 Å². The number of hydrogen-bond donors (Lipinski definition) is 1. The lowest BCUT2D eigenvalue weighted by Crippen LogP contribution is -2.39. The molecule has 0 radical (unpaired) electrons. The van der Waals surface area contributed by atoms with Crippen LogP contribution in [0.1, 0.15) is 38.6 Å². The number of rotatable bonds is 5. The fourth-order valence-corrected chi connectivity index (χ4v) is 2.52. The van der Waals surface area contributed by atoms with Gasteiger partial charge in [-0.2, -0.15) is 0 Å². The monoisotopic (exact) mass is 308 g/mol. The van der Waals surface area contributed by atoms with Crippen LogP contribution in [0.4, 0.5) is 0 Å². The Bertz CT molecular complexity index is 841. The van der Waals surface area contributed by atoms with Gasteiger partial charge < -0.3 is 9.67 Å². The number of carbonyl (C=O) groups is 1. The smallest absolute Gasteiger partial charge is 0.332 e. The Hall–Kier alpha value is -2.38. The molecule has 0 aliphatic heterocycles. The van der Waals surface area contributed by atoms with Crippen LogP contribution in [-0.2, 0) is 25.3 Å². The van der Waals surface area contributed by atoms with E-state index in [1.165, 1.54) is 11.6 Å². The molecular formula is C14H20N4O4. The molecule has 0 amide bonds. The Morgan fingerprint density at radius 2 is 1.86 bits per heavy atom. The lowest BCUT2D eigenvalue weighted by molar-refractivity contribution is -0.137. The average molecular weight is 308 g/mol. The summed E-state index contributed by atoms with van der Waals surface area (Å²) < 4.78 is 4.21. The minimum atomic E-state index is -0.867. The van der Waals surface area contributed by atoms with Gasteiger partial charge in [0, 0.05) is 33.0 Å². The number of aryl methyl sites for hydroxylation is 2. The van der Waals surface area contributed by atoms with Crippen molar-refractivity contribution in [2.24, 2.45) is 14.1 Å². The molecule has 8 heteroatoms. The first-order valence-electron chi connectivity index (χ1n) is 7.14. The third kappa shape index (κ3) is 2.56. The van der Waals surface area contributed by atoms with E-state index < -0.39 is 17.2 Å². The highest BCUT2D eigenvalue weighted by Crippen LogP contribution is 2.15. The Kier molecular flexibility index (Phi) is 4.20. The maximum atomic E-state index is 12.3. The van der Waals surface area contributed by atoms with Crippen molar-refractivity contribution < 1.29 is 9.90 Å². The standard InChI is InChI=1S/C14H20N4O4/c1-8(2)18-12-11(13(21)17(4)14(18)22)16(3)9(15-12)6-5-7-10(19)20/h8H,5-7H2,1-4H3,(H,19,20). The molecule has 120 valence electrons. The predicted octanol–water partition coefficient (Wildman–Crippen LogP) is 0.422. The Morgan fingerprint density at radius 1 is 1.23 bits per heavy atom. The van der Waals surface area contributed by atoms with Crippen molar-refractivity contribution in [1.82, 2.24) is 18.7 Å². The number of nitrogens with zero attached hydrogens (tertiary/aromatic N) is 4. The maximum absolute atomic E-state index is 12.3. The van der Waals surface area contributed by atoms with Crippen LogP contribution < -0.4 is 11.2 Å². The molecule has 0 aromatic carbocycles. The van der Waals surface area contributed by atoms with Crippen LogP contribution >= 0.6 is 0 Å². The molecular weight excluding hydrogens is 288 g/mol. The fourth-order valence-electron chi connectivity index (χ4n) is 2.52. The summed E-state index contributed by atoms with van der Waals surface area (Å²) >= 11 is 0. The third-order valence-electron chi connectivity index (χ3n) is 3.71. The molecule has 0 atom stereocenters. The van der Waals surface area contributed by atoms with Crippen molar-refractivity contribution >= 4 is 17.1 Å². The normalized spacial score (nSPS) is 11.5. The van der Waals surface area contributed by atoms with Gasteiger partial charge in [-0.05, 0) is 20.3 Å². The van der Waals surface area contributed by atoms with E-state index in [9.17, 15) is 14.4 Å². The second kappa shape index (κ2) is 5.78. The fraction of sp³-hybridized carbons (Fsp3) is 0.571. The molecule has 0 fully saturated rings. The summed E-state index contributed by atoms with van der Waals surface area (Å²) in [7, 11) is 3.15. The number of aromatic nitrogens is 4. The Labute approximate surface area is 126 Å². The highest BCUT2D eigenvalue weighted by molar-refractivity contribution is 5.71. The number of hydrogen-bond acceptors (Lipinski definition) is 4. The summed E-state index contributed by atoms with van der Waals surface area (Å²) in [5, 5.41) is 8.71. The van der Waals surface area contributed by atoms with E-state index in [0.717, 1.165) is 4.57 Å². The summed E-state index contributed by atoms with van der Waals surface area (Å²) in [6, 6.07) is -0.136. The van der Waals surface area contributed by atoms with Gasteiger partial charge in [0.25, 0.3) is 5.56 Å². The zero-order chi connectivity index (χ0) is 16.6. The average Bonchev–Trinajstić information content (AvgIpc) is 2.73. The Morgan fingerprint density at radius 3 is 2.41 bits per heavy atom. The lowest BCUT2D eigenvalue weighted by atomic mass is 10.2. The van der Waals surface area contributed by atoms with Gasteiger partial charge in [-0.15, -0.1) is 0 Å². The first-order chi connectivity index (χ1) is 10.3.